The molecule has 1 saturated carbocycles. The lowest BCUT2D eigenvalue weighted by Crippen LogP contribution is -2.36. The van der Waals surface area contributed by atoms with Crippen molar-refractivity contribution in [2.75, 3.05) is 6.54 Å². The third-order valence-electron chi connectivity index (χ3n) is 3.43. The van der Waals surface area contributed by atoms with E-state index in [9.17, 15) is 9.59 Å². The lowest BCUT2D eigenvalue weighted by molar-refractivity contribution is -0.128. The van der Waals surface area contributed by atoms with Gasteiger partial charge in [-0.2, -0.15) is 0 Å². The molecule has 4 nitrogen and oxygen atoms in total. The van der Waals surface area contributed by atoms with Crippen LogP contribution >= 0.6 is 11.3 Å². The highest BCUT2D eigenvalue weighted by molar-refractivity contribution is 7.10. The van der Waals surface area contributed by atoms with Gasteiger partial charge in [-0.15, -0.1) is 11.3 Å². The Kier molecular flexibility index (Phi) is 3.38. The third kappa shape index (κ3) is 3.04. The van der Waals surface area contributed by atoms with Gasteiger partial charge in [-0.25, -0.2) is 0 Å². The standard InChI is InChI=1S/C14H16N2O2S/c17-13(6-5-12-2-1-7-19-12)15-10-8-14(18)16(9-10)11-3-4-11/h1-2,5-7,10-11H,3-4,8-9H2,(H,15,17). The number of likely N-dealkylation sites (tertiary alicyclic amines) is 1. The predicted octanol–water partition coefficient (Wildman–Crippen LogP) is 1.64. The maximum Gasteiger partial charge on any atom is 0.244 e. The lowest BCUT2D eigenvalue weighted by Gasteiger charge is -2.15. The van der Waals surface area contributed by atoms with Gasteiger partial charge in [0.2, 0.25) is 11.8 Å². The molecule has 1 unspecified atom stereocenters. The normalized spacial score (nSPS) is 23.3. The molecule has 1 saturated heterocycles. The molecule has 1 aromatic heterocycles. The van der Waals surface area contributed by atoms with Gasteiger partial charge in [0.15, 0.2) is 0 Å². The van der Waals surface area contributed by atoms with E-state index >= 15 is 0 Å². The van der Waals surface area contributed by atoms with Crippen LogP contribution in [0.4, 0.5) is 0 Å². The third-order valence-corrected chi connectivity index (χ3v) is 4.27. The molecule has 2 amide bonds. The molecule has 1 aromatic rings. The van der Waals surface area contributed by atoms with E-state index in [1.54, 1.807) is 17.4 Å². The highest BCUT2D eigenvalue weighted by Gasteiger charge is 2.39. The van der Waals surface area contributed by atoms with Crippen LogP contribution in [0.15, 0.2) is 23.6 Å². The van der Waals surface area contributed by atoms with Gasteiger partial charge in [-0.05, 0) is 30.4 Å². The number of nitrogens with one attached hydrogen (secondary N) is 1. The Morgan fingerprint density at radius 2 is 2.32 bits per heavy atom. The number of amides is 2. The van der Waals surface area contributed by atoms with E-state index in [0.29, 0.717) is 19.0 Å². The summed E-state index contributed by atoms with van der Waals surface area (Å²) < 4.78 is 0. The van der Waals surface area contributed by atoms with Gasteiger partial charge >= 0.3 is 0 Å². The summed E-state index contributed by atoms with van der Waals surface area (Å²) in [5, 5.41) is 4.87. The Balaban J connectivity index is 1.51. The van der Waals surface area contributed by atoms with Crippen LogP contribution in [0.25, 0.3) is 6.08 Å². The van der Waals surface area contributed by atoms with Gasteiger partial charge in [0.25, 0.3) is 0 Å². The Bertz CT molecular complexity index is 506. The molecule has 1 atom stereocenters. The molecule has 2 fully saturated rings. The van der Waals surface area contributed by atoms with E-state index < -0.39 is 0 Å². The summed E-state index contributed by atoms with van der Waals surface area (Å²) in [6, 6.07) is 4.32. The SMILES string of the molecule is O=C(C=Cc1cccs1)NC1CC(=O)N(C2CC2)C1. The molecule has 5 heteroatoms. The minimum Gasteiger partial charge on any atom is -0.348 e. The zero-order chi connectivity index (χ0) is 13.2. The second kappa shape index (κ2) is 5.17. The van der Waals surface area contributed by atoms with E-state index in [-0.39, 0.29) is 17.9 Å². The van der Waals surface area contributed by atoms with Gasteiger partial charge in [0, 0.05) is 30.0 Å². The van der Waals surface area contributed by atoms with Crippen molar-refractivity contribution >= 4 is 29.2 Å². The van der Waals surface area contributed by atoms with Gasteiger partial charge in [0.1, 0.15) is 0 Å². The van der Waals surface area contributed by atoms with Crippen LogP contribution < -0.4 is 5.32 Å². The van der Waals surface area contributed by atoms with Gasteiger partial charge in [-0.1, -0.05) is 6.07 Å². The van der Waals surface area contributed by atoms with Crippen LogP contribution in [-0.4, -0.2) is 35.3 Å². The number of rotatable bonds is 4. The van der Waals surface area contributed by atoms with Gasteiger partial charge < -0.3 is 10.2 Å². The monoisotopic (exact) mass is 276 g/mol. The van der Waals surface area contributed by atoms with Gasteiger partial charge in [-0.3, -0.25) is 9.59 Å². The zero-order valence-electron chi connectivity index (χ0n) is 10.5. The Morgan fingerprint density at radius 3 is 3.00 bits per heavy atom. The van der Waals surface area contributed by atoms with Crippen molar-refractivity contribution in [3.05, 3.63) is 28.5 Å². The zero-order valence-corrected chi connectivity index (χ0v) is 11.4. The van der Waals surface area contributed by atoms with Crippen molar-refractivity contribution in [2.45, 2.75) is 31.3 Å². The molecule has 1 aliphatic heterocycles. The maximum atomic E-state index is 11.8. The van der Waals surface area contributed by atoms with Crippen molar-refractivity contribution < 1.29 is 9.59 Å². The molecular weight excluding hydrogens is 260 g/mol. The largest absolute Gasteiger partial charge is 0.348 e. The average Bonchev–Trinajstić information content (AvgIpc) is 2.96. The topological polar surface area (TPSA) is 49.4 Å². The molecule has 0 radical (unpaired) electrons. The second-order valence-corrected chi connectivity index (χ2v) is 6.01. The van der Waals surface area contributed by atoms with Crippen LogP contribution in [0, 0.1) is 0 Å². The van der Waals surface area contributed by atoms with Crippen molar-refractivity contribution in [3.8, 4) is 0 Å². The minimum absolute atomic E-state index is 0.0337. The predicted molar refractivity (Wildman–Crippen MR) is 74.6 cm³/mol. The highest BCUT2D eigenvalue weighted by atomic mass is 32.1. The summed E-state index contributed by atoms with van der Waals surface area (Å²) in [7, 11) is 0. The Morgan fingerprint density at radius 1 is 1.47 bits per heavy atom. The fourth-order valence-electron chi connectivity index (χ4n) is 2.36. The number of nitrogens with zero attached hydrogens (tertiary/aromatic N) is 1. The molecule has 0 spiro atoms. The fraction of sp³-hybridized carbons (Fsp3) is 0.429. The molecule has 3 rings (SSSR count). The molecule has 1 N–H and O–H groups in total. The first-order valence-corrected chi connectivity index (χ1v) is 7.42. The van der Waals surface area contributed by atoms with E-state index in [1.165, 1.54) is 6.08 Å². The van der Waals surface area contributed by atoms with Crippen LogP contribution in [0.3, 0.4) is 0 Å². The van der Waals surface area contributed by atoms with Crippen molar-refractivity contribution in [3.63, 3.8) is 0 Å². The van der Waals surface area contributed by atoms with E-state index in [4.69, 9.17) is 0 Å². The number of hydrogen-bond acceptors (Lipinski definition) is 3. The lowest BCUT2D eigenvalue weighted by atomic mass is 10.2. The maximum absolute atomic E-state index is 11.8. The Hall–Kier alpha value is -1.62. The molecule has 2 heterocycles. The second-order valence-electron chi connectivity index (χ2n) is 5.04. The molecule has 0 bridgehead atoms. The number of thiophene rings is 1. The number of hydrogen-bond donors (Lipinski definition) is 1. The molecule has 19 heavy (non-hydrogen) atoms. The molecule has 0 aromatic carbocycles. The van der Waals surface area contributed by atoms with Crippen LogP contribution in [0.2, 0.25) is 0 Å². The van der Waals surface area contributed by atoms with Gasteiger partial charge in [0.05, 0.1) is 6.04 Å². The first-order chi connectivity index (χ1) is 9.22. The van der Waals surface area contributed by atoms with Crippen LogP contribution in [0.1, 0.15) is 24.1 Å². The first kappa shape index (κ1) is 12.4. The summed E-state index contributed by atoms with van der Waals surface area (Å²) in [6.45, 7) is 0.669. The molecule has 1 aliphatic carbocycles. The summed E-state index contributed by atoms with van der Waals surface area (Å²) in [5.74, 6) is 0.0545. The fourth-order valence-corrected chi connectivity index (χ4v) is 2.98. The summed E-state index contributed by atoms with van der Waals surface area (Å²) in [6.07, 6.45) is 6.01. The van der Waals surface area contributed by atoms with Crippen molar-refractivity contribution in [1.82, 2.24) is 10.2 Å². The number of carbonyl (C=O) groups excluding carboxylic acids is 2. The Labute approximate surface area is 116 Å². The minimum atomic E-state index is -0.121. The number of carbonyl (C=O) groups is 2. The molecular formula is C14H16N2O2S. The first-order valence-electron chi connectivity index (χ1n) is 6.54. The van der Waals surface area contributed by atoms with Crippen LogP contribution in [0.5, 0.6) is 0 Å². The van der Waals surface area contributed by atoms with Crippen LogP contribution in [-0.2, 0) is 9.59 Å². The molecule has 2 aliphatic rings. The summed E-state index contributed by atoms with van der Waals surface area (Å²) in [5.41, 5.74) is 0. The smallest absolute Gasteiger partial charge is 0.244 e. The van der Waals surface area contributed by atoms with E-state index in [0.717, 1.165) is 17.7 Å². The van der Waals surface area contributed by atoms with E-state index in [1.807, 2.05) is 22.4 Å². The highest BCUT2D eigenvalue weighted by Crippen LogP contribution is 2.30. The summed E-state index contributed by atoms with van der Waals surface area (Å²) >= 11 is 1.59. The average molecular weight is 276 g/mol. The summed E-state index contributed by atoms with van der Waals surface area (Å²) in [4.78, 5) is 26.5. The van der Waals surface area contributed by atoms with Crippen molar-refractivity contribution in [2.24, 2.45) is 0 Å². The van der Waals surface area contributed by atoms with E-state index in [2.05, 4.69) is 5.32 Å². The van der Waals surface area contributed by atoms with Crippen molar-refractivity contribution in [1.29, 1.82) is 0 Å². The quantitative estimate of drug-likeness (QED) is 0.850. The molecule has 100 valence electrons.